The summed E-state index contributed by atoms with van der Waals surface area (Å²) in [5.41, 5.74) is 2.90. The molecule has 0 bridgehead atoms. The molecular formula is C10H16N2O2. The van der Waals surface area contributed by atoms with Crippen LogP contribution < -0.4 is 0 Å². The zero-order valence-corrected chi connectivity index (χ0v) is 9.13. The molecule has 1 aromatic heterocycles. The summed E-state index contributed by atoms with van der Waals surface area (Å²) < 4.78 is 6.67. The number of nitrogens with zero attached hydrogens (tertiary/aromatic N) is 2. The normalized spacial score (nSPS) is 10.3. The van der Waals surface area contributed by atoms with Crippen LogP contribution in [0.5, 0.6) is 0 Å². The molecule has 0 spiro atoms. The highest BCUT2D eigenvalue weighted by Gasteiger charge is 2.13. The fourth-order valence-electron chi connectivity index (χ4n) is 1.43. The molecule has 0 N–H and O–H groups in total. The number of hydrogen-bond acceptors (Lipinski definition) is 3. The Balaban J connectivity index is 2.81. The van der Waals surface area contributed by atoms with Crippen molar-refractivity contribution in [3.63, 3.8) is 0 Å². The van der Waals surface area contributed by atoms with E-state index in [0.29, 0.717) is 13.0 Å². The van der Waals surface area contributed by atoms with E-state index in [2.05, 4.69) is 5.10 Å². The van der Waals surface area contributed by atoms with Crippen molar-refractivity contribution in [3.8, 4) is 0 Å². The maximum Gasteiger partial charge on any atom is 0.310 e. The topological polar surface area (TPSA) is 44.1 Å². The van der Waals surface area contributed by atoms with Crippen LogP contribution in [0.4, 0.5) is 0 Å². The predicted octanol–water partition coefficient (Wildman–Crippen LogP) is 1.14. The van der Waals surface area contributed by atoms with Gasteiger partial charge in [-0.25, -0.2) is 0 Å². The predicted molar refractivity (Wildman–Crippen MR) is 53.0 cm³/mol. The minimum Gasteiger partial charge on any atom is -0.466 e. The Bertz CT molecular complexity index is 342. The third-order valence-electron chi connectivity index (χ3n) is 2.29. The molecule has 0 amide bonds. The minimum atomic E-state index is -0.188. The Morgan fingerprint density at radius 3 is 2.57 bits per heavy atom. The number of carbonyl (C=O) groups excluding carboxylic acids is 1. The minimum absolute atomic E-state index is 0.188. The van der Waals surface area contributed by atoms with Gasteiger partial charge in [-0.3, -0.25) is 9.48 Å². The molecule has 0 aliphatic rings. The lowest BCUT2D eigenvalue weighted by molar-refractivity contribution is -0.142. The molecule has 0 aromatic carbocycles. The molecule has 0 aliphatic heterocycles. The molecule has 0 unspecified atom stereocenters. The van der Waals surface area contributed by atoms with Crippen LogP contribution in [0.15, 0.2) is 0 Å². The zero-order valence-electron chi connectivity index (χ0n) is 9.13. The van der Waals surface area contributed by atoms with E-state index in [1.807, 2.05) is 20.9 Å². The lowest BCUT2D eigenvalue weighted by Crippen LogP contribution is -2.08. The maximum absolute atomic E-state index is 11.3. The van der Waals surface area contributed by atoms with Gasteiger partial charge >= 0.3 is 5.97 Å². The lowest BCUT2D eigenvalue weighted by atomic mass is 10.1. The van der Waals surface area contributed by atoms with Gasteiger partial charge in [0.05, 0.1) is 18.7 Å². The van der Waals surface area contributed by atoms with Crippen LogP contribution in [-0.4, -0.2) is 22.4 Å². The Morgan fingerprint density at radius 1 is 1.50 bits per heavy atom. The fraction of sp³-hybridized carbons (Fsp3) is 0.600. The fourth-order valence-corrected chi connectivity index (χ4v) is 1.43. The van der Waals surface area contributed by atoms with Gasteiger partial charge < -0.3 is 4.74 Å². The van der Waals surface area contributed by atoms with Crippen LogP contribution >= 0.6 is 0 Å². The number of carbonyl (C=O) groups is 1. The van der Waals surface area contributed by atoms with E-state index in [1.165, 1.54) is 0 Å². The van der Waals surface area contributed by atoms with Crippen molar-refractivity contribution < 1.29 is 9.53 Å². The zero-order chi connectivity index (χ0) is 10.7. The molecule has 0 saturated carbocycles. The first kappa shape index (κ1) is 10.8. The van der Waals surface area contributed by atoms with E-state index in [-0.39, 0.29) is 5.97 Å². The number of esters is 1. The summed E-state index contributed by atoms with van der Waals surface area (Å²) in [5, 5.41) is 4.23. The smallest absolute Gasteiger partial charge is 0.310 e. The monoisotopic (exact) mass is 196 g/mol. The van der Waals surface area contributed by atoms with Gasteiger partial charge in [-0.2, -0.15) is 5.10 Å². The Kier molecular flexibility index (Phi) is 3.28. The van der Waals surface area contributed by atoms with Gasteiger partial charge in [-0.05, 0) is 20.8 Å². The summed E-state index contributed by atoms with van der Waals surface area (Å²) in [6.45, 7) is 6.09. The lowest BCUT2D eigenvalue weighted by Gasteiger charge is -2.02. The molecule has 4 heteroatoms. The number of aromatic nitrogens is 2. The molecule has 0 atom stereocenters. The molecular weight excluding hydrogens is 180 g/mol. The third-order valence-corrected chi connectivity index (χ3v) is 2.29. The average Bonchev–Trinajstić information content (AvgIpc) is 2.33. The number of hydrogen-bond donors (Lipinski definition) is 0. The average molecular weight is 196 g/mol. The van der Waals surface area contributed by atoms with Crippen LogP contribution in [0, 0.1) is 13.8 Å². The van der Waals surface area contributed by atoms with Crippen LogP contribution in [0.2, 0.25) is 0 Å². The van der Waals surface area contributed by atoms with Crippen LogP contribution in [0.25, 0.3) is 0 Å². The van der Waals surface area contributed by atoms with E-state index in [0.717, 1.165) is 17.0 Å². The number of aryl methyl sites for hydroxylation is 2. The van der Waals surface area contributed by atoms with Crippen molar-refractivity contribution in [2.24, 2.45) is 7.05 Å². The molecule has 4 nitrogen and oxygen atoms in total. The first-order valence-corrected chi connectivity index (χ1v) is 4.71. The second kappa shape index (κ2) is 4.26. The summed E-state index contributed by atoms with van der Waals surface area (Å²) in [5.74, 6) is -0.188. The SMILES string of the molecule is CCOC(=O)Cc1c(C)nn(C)c1C. The molecule has 1 heterocycles. The molecule has 14 heavy (non-hydrogen) atoms. The summed E-state index contributed by atoms with van der Waals surface area (Å²) in [7, 11) is 1.87. The number of rotatable bonds is 3. The van der Waals surface area contributed by atoms with Gasteiger partial charge in [-0.15, -0.1) is 0 Å². The molecule has 78 valence electrons. The van der Waals surface area contributed by atoms with Crippen molar-refractivity contribution in [1.82, 2.24) is 9.78 Å². The standard InChI is InChI=1S/C10H16N2O2/c1-5-14-10(13)6-9-7(2)11-12(4)8(9)3/h5-6H2,1-4H3. The maximum atomic E-state index is 11.3. The second-order valence-corrected chi connectivity index (χ2v) is 3.25. The van der Waals surface area contributed by atoms with Gasteiger partial charge in [0.2, 0.25) is 0 Å². The molecule has 1 aromatic rings. The largest absolute Gasteiger partial charge is 0.466 e. The van der Waals surface area contributed by atoms with Crippen LogP contribution in [0.1, 0.15) is 23.9 Å². The van der Waals surface area contributed by atoms with E-state index >= 15 is 0 Å². The molecule has 0 aliphatic carbocycles. The van der Waals surface area contributed by atoms with E-state index in [9.17, 15) is 4.79 Å². The van der Waals surface area contributed by atoms with Crippen molar-refractivity contribution >= 4 is 5.97 Å². The van der Waals surface area contributed by atoms with Gasteiger partial charge in [-0.1, -0.05) is 0 Å². The third kappa shape index (κ3) is 2.13. The highest BCUT2D eigenvalue weighted by atomic mass is 16.5. The Hall–Kier alpha value is -1.32. The quantitative estimate of drug-likeness (QED) is 0.681. The van der Waals surface area contributed by atoms with E-state index < -0.39 is 0 Å². The summed E-state index contributed by atoms with van der Waals surface area (Å²) in [4.78, 5) is 11.3. The molecule has 0 saturated heterocycles. The molecule has 0 fully saturated rings. The Labute approximate surface area is 83.9 Å². The highest BCUT2D eigenvalue weighted by Crippen LogP contribution is 2.12. The second-order valence-electron chi connectivity index (χ2n) is 3.25. The number of ether oxygens (including phenoxy) is 1. The van der Waals surface area contributed by atoms with Gasteiger partial charge in [0, 0.05) is 18.3 Å². The van der Waals surface area contributed by atoms with Crippen molar-refractivity contribution in [2.45, 2.75) is 27.2 Å². The van der Waals surface area contributed by atoms with Crippen molar-refractivity contribution in [2.75, 3.05) is 6.61 Å². The van der Waals surface area contributed by atoms with Gasteiger partial charge in [0.25, 0.3) is 0 Å². The molecule has 1 rings (SSSR count). The van der Waals surface area contributed by atoms with Crippen molar-refractivity contribution in [3.05, 3.63) is 17.0 Å². The first-order chi connectivity index (χ1) is 6.56. The summed E-state index contributed by atoms with van der Waals surface area (Å²) >= 11 is 0. The van der Waals surface area contributed by atoms with Gasteiger partial charge in [0.15, 0.2) is 0 Å². The summed E-state index contributed by atoms with van der Waals surface area (Å²) in [6, 6.07) is 0. The van der Waals surface area contributed by atoms with Crippen molar-refractivity contribution in [1.29, 1.82) is 0 Å². The summed E-state index contributed by atoms with van der Waals surface area (Å²) in [6.07, 6.45) is 0.319. The van der Waals surface area contributed by atoms with Gasteiger partial charge in [0.1, 0.15) is 0 Å². The van der Waals surface area contributed by atoms with E-state index in [1.54, 1.807) is 11.6 Å². The van der Waals surface area contributed by atoms with Crippen LogP contribution in [0.3, 0.4) is 0 Å². The Morgan fingerprint density at radius 2 is 2.14 bits per heavy atom. The van der Waals surface area contributed by atoms with E-state index in [4.69, 9.17) is 4.74 Å². The first-order valence-electron chi connectivity index (χ1n) is 4.71. The molecule has 0 radical (unpaired) electrons. The van der Waals surface area contributed by atoms with Crippen LogP contribution in [-0.2, 0) is 23.0 Å². The highest BCUT2D eigenvalue weighted by molar-refractivity contribution is 5.73.